The van der Waals surface area contributed by atoms with E-state index < -0.39 is 5.60 Å². The number of rotatable bonds is 4. The van der Waals surface area contributed by atoms with E-state index in [2.05, 4.69) is 0 Å². The molecule has 2 atom stereocenters. The number of hydrogen-bond acceptors (Lipinski definition) is 2. The number of benzene rings is 2. The number of aliphatic hydroxyl groups excluding tert-OH is 1. The lowest BCUT2D eigenvalue weighted by molar-refractivity contribution is 0.00582. The maximum Gasteiger partial charge on any atom is 0.0958 e. The smallest absolute Gasteiger partial charge is 0.0958 e. The quantitative estimate of drug-likeness (QED) is 0.865. The van der Waals surface area contributed by atoms with Gasteiger partial charge >= 0.3 is 0 Å². The highest BCUT2D eigenvalue weighted by Gasteiger charge is 2.34. The molecule has 0 spiro atoms. The van der Waals surface area contributed by atoms with Crippen LogP contribution in [0.3, 0.4) is 0 Å². The first-order valence-corrected chi connectivity index (χ1v) is 6.10. The summed E-state index contributed by atoms with van der Waals surface area (Å²) in [6, 6.07) is 19.1. The van der Waals surface area contributed by atoms with Crippen molar-refractivity contribution in [2.75, 3.05) is 6.61 Å². The fourth-order valence-corrected chi connectivity index (χ4v) is 2.27. The molecule has 2 rings (SSSR count). The van der Waals surface area contributed by atoms with Gasteiger partial charge in [0.1, 0.15) is 0 Å². The molecule has 2 heteroatoms. The maximum absolute atomic E-state index is 10.7. The van der Waals surface area contributed by atoms with Crippen LogP contribution in [0.15, 0.2) is 60.7 Å². The van der Waals surface area contributed by atoms with Gasteiger partial charge in [0.2, 0.25) is 0 Å². The molecular weight excluding hydrogens is 224 g/mol. The third-order valence-electron chi connectivity index (χ3n) is 3.42. The Labute approximate surface area is 108 Å². The molecule has 0 aliphatic carbocycles. The van der Waals surface area contributed by atoms with Gasteiger partial charge in [-0.2, -0.15) is 0 Å². The second-order valence-corrected chi connectivity index (χ2v) is 4.66. The topological polar surface area (TPSA) is 40.5 Å². The first-order valence-electron chi connectivity index (χ1n) is 6.10. The fourth-order valence-electron chi connectivity index (χ4n) is 2.27. The lowest BCUT2D eigenvalue weighted by atomic mass is 9.79. The van der Waals surface area contributed by atoms with Crippen LogP contribution in [0, 0.1) is 0 Å². The molecular formula is C16H18O2. The zero-order chi connectivity index (χ0) is 13.0. The summed E-state index contributed by atoms with van der Waals surface area (Å²) in [7, 11) is 0. The molecule has 0 radical (unpaired) electrons. The lowest BCUT2D eigenvalue weighted by Gasteiger charge is -2.32. The molecule has 94 valence electrons. The predicted molar refractivity (Wildman–Crippen MR) is 72.3 cm³/mol. The highest BCUT2D eigenvalue weighted by Crippen LogP contribution is 2.36. The first-order chi connectivity index (χ1) is 8.66. The third kappa shape index (κ3) is 2.45. The van der Waals surface area contributed by atoms with Crippen molar-refractivity contribution in [2.45, 2.75) is 18.4 Å². The van der Waals surface area contributed by atoms with Gasteiger partial charge in [-0.1, -0.05) is 60.7 Å². The van der Waals surface area contributed by atoms with E-state index in [1.165, 1.54) is 0 Å². The van der Waals surface area contributed by atoms with Crippen molar-refractivity contribution in [1.29, 1.82) is 0 Å². The van der Waals surface area contributed by atoms with Crippen molar-refractivity contribution in [1.82, 2.24) is 0 Å². The van der Waals surface area contributed by atoms with Crippen molar-refractivity contribution in [2.24, 2.45) is 0 Å². The molecule has 0 aliphatic heterocycles. The summed E-state index contributed by atoms with van der Waals surface area (Å²) in [5, 5.41) is 20.4. The van der Waals surface area contributed by atoms with Crippen LogP contribution in [-0.2, 0) is 5.60 Å². The Kier molecular flexibility index (Phi) is 3.80. The van der Waals surface area contributed by atoms with Crippen molar-refractivity contribution in [3.8, 4) is 0 Å². The normalized spacial score (nSPS) is 15.9. The highest BCUT2D eigenvalue weighted by atomic mass is 16.3. The summed E-state index contributed by atoms with van der Waals surface area (Å²) in [5.74, 6) is -0.332. The lowest BCUT2D eigenvalue weighted by Crippen LogP contribution is -2.32. The Morgan fingerprint density at radius 1 is 0.944 bits per heavy atom. The minimum Gasteiger partial charge on any atom is -0.396 e. The Bertz CT molecular complexity index is 477. The van der Waals surface area contributed by atoms with Crippen LogP contribution < -0.4 is 0 Å². The summed E-state index contributed by atoms with van der Waals surface area (Å²) >= 11 is 0. The molecule has 2 N–H and O–H groups in total. The zero-order valence-corrected chi connectivity index (χ0v) is 10.5. The van der Waals surface area contributed by atoms with Gasteiger partial charge in [0.05, 0.1) is 12.2 Å². The van der Waals surface area contributed by atoms with Gasteiger partial charge in [-0.25, -0.2) is 0 Å². The van der Waals surface area contributed by atoms with E-state index in [9.17, 15) is 10.2 Å². The van der Waals surface area contributed by atoms with Crippen molar-refractivity contribution in [3.05, 3.63) is 71.8 Å². The van der Waals surface area contributed by atoms with E-state index in [-0.39, 0.29) is 12.5 Å². The van der Waals surface area contributed by atoms with Crippen LogP contribution in [-0.4, -0.2) is 16.8 Å². The molecule has 0 heterocycles. The molecule has 0 bridgehead atoms. The summed E-state index contributed by atoms with van der Waals surface area (Å²) < 4.78 is 0. The second-order valence-electron chi connectivity index (χ2n) is 4.66. The fraction of sp³-hybridized carbons (Fsp3) is 0.250. The van der Waals surface area contributed by atoms with Gasteiger partial charge < -0.3 is 10.2 Å². The van der Waals surface area contributed by atoms with E-state index in [4.69, 9.17) is 0 Å². The first kappa shape index (κ1) is 12.8. The van der Waals surface area contributed by atoms with Gasteiger partial charge in [-0.3, -0.25) is 0 Å². The highest BCUT2D eigenvalue weighted by molar-refractivity contribution is 5.30. The molecule has 0 saturated carbocycles. The second kappa shape index (κ2) is 5.34. The van der Waals surface area contributed by atoms with Crippen molar-refractivity contribution in [3.63, 3.8) is 0 Å². The number of hydrogen-bond donors (Lipinski definition) is 2. The molecule has 2 unspecified atom stereocenters. The molecule has 0 saturated heterocycles. The molecule has 2 aromatic rings. The largest absolute Gasteiger partial charge is 0.396 e. The van der Waals surface area contributed by atoms with Crippen LogP contribution in [0.4, 0.5) is 0 Å². The van der Waals surface area contributed by atoms with E-state index in [0.29, 0.717) is 0 Å². The van der Waals surface area contributed by atoms with Crippen LogP contribution in [0.1, 0.15) is 24.0 Å². The molecule has 2 aromatic carbocycles. The Morgan fingerprint density at radius 2 is 1.44 bits per heavy atom. The molecule has 0 aliphatic rings. The Balaban J connectivity index is 2.38. The standard InChI is InChI=1S/C16H18O2/c1-16(18,14-10-6-3-7-11-14)15(12-17)13-8-4-2-5-9-13/h2-11,15,17-18H,12H2,1H3. The molecule has 0 aromatic heterocycles. The SMILES string of the molecule is CC(O)(c1ccccc1)C(CO)c1ccccc1. The summed E-state index contributed by atoms with van der Waals surface area (Å²) in [4.78, 5) is 0. The van der Waals surface area contributed by atoms with E-state index in [1.807, 2.05) is 60.7 Å². The van der Waals surface area contributed by atoms with Crippen LogP contribution in [0.5, 0.6) is 0 Å². The monoisotopic (exact) mass is 242 g/mol. The van der Waals surface area contributed by atoms with Crippen LogP contribution in [0.25, 0.3) is 0 Å². The van der Waals surface area contributed by atoms with Crippen molar-refractivity contribution >= 4 is 0 Å². The summed E-state index contributed by atoms with van der Waals surface area (Å²) in [6.45, 7) is 1.65. The van der Waals surface area contributed by atoms with Gasteiger partial charge in [0.15, 0.2) is 0 Å². The van der Waals surface area contributed by atoms with E-state index in [0.717, 1.165) is 11.1 Å². The molecule has 0 fully saturated rings. The molecule has 2 nitrogen and oxygen atoms in total. The van der Waals surface area contributed by atoms with Gasteiger partial charge in [-0.05, 0) is 18.1 Å². The molecule has 0 amide bonds. The van der Waals surface area contributed by atoms with Gasteiger partial charge in [0.25, 0.3) is 0 Å². The van der Waals surface area contributed by atoms with Gasteiger partial charge in [0, 0.05) is 5.92 Å². The summed E-state index contributed by atoms with van der Waals surface area (Å²) in [5.41, 5.74) is 0.666. The minimum absolute atomic E-state index is 0.0914. The average Bonchev–Trinajstić information content (AvgIpc) is 2.41. The Hall–Kier alpha value is -1.64. The van der Waals surface area contributed by atoms with Crippen LogP contribution in [0.2, 0.25) is 0 Å². The third-order valence-corrected chi connectivity index (χ3v) is 3.42. The average molecular weight is 242 g/mol. The van der Waals surface area contributed by atoms with Crippen LogP contribution >= 0.6 is 0 Å². The van der Waals surface area contributed by atoms with E-state index >= 15 is 0 Å². The number of aliphatic hydroxyl groups is 2. The van der Waals surface area contributed by atoms with Gasteiger partial charge in [-0.15, -0.1) is 0 Å². The Morgan fingerprint density at radius 3 is 1.94 bits per heavy atom. The zero-order valence-electron chi connectivity index (χ0n) is 10.5. The molecule has 18 heavy (non-hydrogen) atoms. The predicted octanol–water partition coefficient (Wildman–Crippen LogP) is 2.67. The van der Waals surface area contributed by atoms with Crippen molar-refractivity contribution < 1.29 is 10.2 Å². The van der Waals surface area contributed by atoms with E-state index in [1.54, 1.807) is 6.92 Å². The summed E-state index contributed by atoms with van der Waals surface area (Å²) in [6.07, 6.45) is 0. The maximum atomic E-state index is 10.7. The minimum atomic E-state index is -1.09.